The number of thioether (sulfide) groups is 2. The summed E-state index contributed by atoms with van der Waals surface area (Å²) in [5.74, 6) is 0.232. The molecule has 0 aliphatic rings. The number of carboxylic acids is 1. The lowest BCUT2D eigenvalue weighted by Gasteiger charge is -2.20. The van der Waals surface area contributed by atoms with Gasteiger partial charge in [-0.15, -0.1) is 0 Å². The number of nitrogens with zero attached hydrogens (tertiary/aromatic N) is 4. The predicted molar refractivity (Wildman–Crippen MR) is 249 cm³/mol. The topological polar surface area (TPSA) is 157 Å². The molecule has 2 heterocycles. The van der Waals surface area contributed by atoms with Gasteiger partial charge in [-0.1, -0.05) is 142 Å². The van der Waals surface area contributed by atoms with Crippen molar-refractivity contribution in [1.82, 2.24) is 9.97 Å². The van der Waals surface area contributed by atoms with Crippen molar-refractivity contribution >= 4 is 111 Å². The zero-order chi connectivity index (χ0) is 41.8. The van der Waals surface area contributed by atoms with Gasteiger partial charge in [-0.05, 0) is 83.7 Å². The van der Waals surface area contributed by atoms with E-state index in [2.05, 4.69) is 22.1 Å². The average molecular weight is 915 g/mol. The van der Waals surface area contributed by atoms with Crippen molar-refractivity contribution in [2.24, 2.45) is 0 Å². The van der Waals surface area contributed by atoms with Crippen molar-refractivity contribution in [3.63, 3.8) is 0 Å². The van der Waals surface area contributed by atoms with Crippen LogP contribution >= 0.6 is 91.1 Å². The van der Waals surface area contributed by atoms with Crippen LogP contribution in [0, 0.1) is 22.7 Å². The van der Waals surface area contributed by atoms with Crippen molar-refractivity contribution in [3.8, 4) is 12.1 Å². The molecule has 4 aromatic rings. The van der Waals surface area contributed by atoms with Crippen LogP contribution in [0.3, 0.4) is 0 Å². The number of carbonyl (C=O) groups is 2. The van der Waals surface area contributed by atoms with Crippen molar-refractivity contribution in [2.75, 3.05) is 24.7 Å². The molecule has 2 unspecified atom stereocenters. The zero-order valence-electron chi connectivity index (χ0n) is 31.2. The van der Waals surface area contributed by atoms with Crippen LogP contribution in [0.4, 0.5) is 0 Å². The van der Waals surface area contributed by atoms with Crippen LogP contribution in [0.25, 0.3) is 0 Å². The molecule has 17 heteroatoms. The van der Waals surface area contributed by atoms with Crippen molar-refractivity contribution in [1.29, 1.82) is 10.5 Å². The Morgan fingerprint density at radius 1 is 0.702 bits per heavy atom. The van der Waals surface area contributed by atoms with E-state index in [1.807, 2.05) is 97.1 Å². The maximum absolute atomic E-state index is 12.0. The van der Waals surface area contributed by atoms with Gasteiger partial charge in [0.2, 0.25) is 0 Å². The number of carboxylic acid groups (broad SMARTS) is 1. The SMILES string of the molecule is CC(C#N)(CCC(=O)O)SC(=S)c1ccccc1.CC(C#N)(CCC(=O)OCCSSc1ccccn1)SC(=S)c1ccccc1.OCCSSc1ccccn1. The van der Waals surface area contributed by atoms with Gasteiger partial charge in [0.05, 0.1) is 27.1 Å². The van der Waals surface area contributed by atoms with E-state index in [1.54, 1.807) is 69.4 Å². The molecule has 300 valence electrons. The van der Waals surface area contributed by atoms with Crippen LogP contribution in [0.1, 0.15) is 50.7 Å². The minimum Gasteiger partial charge on any atom is -0.481 e. The second-order valence-electron chi connectivity index (χ2n) is 11.7. The molecule has 0 aliphatic heterocycles. The first-order valence-corrected chi connectivity index (χ1v) is 24.3. The Morgan fingerprint density at radius 2 is 1.14 bits per heavy atom. The molecule has 0 amide bonds. The summed E-state index contributed by atoms with van der Waals surface area (Å²) in [6, 6.07) is 35.0. The van der Waals surface area contributed by atoms with Crippen molar-refractivity contribution in [2.45, 2.75) is 59.1 Å². The summed E-state index contributed by atoms with van der Waals surface area (Å²) in [5.41, 5.74) is 1.79. The standard InChI is InChI=1S/C20H20N2O2S4.C13H13NO2S2.C7H9NOS2/c1-20(15-21,27-19(25)16-7-3-2-4-8-16)11-10-18(23)24-13-14-26-28-17-9-5-6-12-22-17;1-13(9-14,8-7-11(15)16)18-12(17)10-5-3-2-4-6-10;9-5-6-10-11-7-3-1-2-4-8-7/h2-9,12H,10-11,13-14H2,1H3;2-6H,7-8H2,1H3,(H,15,16);1-4,9H,5-6H2. The second-order valence-corrected chi connectivity index (χ2v) is 20.9. The Morgan fingerprint density at radius 3 is 1.54 bits per heavy atom. The van der Waals surface area contributed by atoms with Crippen molar-refractivity contribution in [3.05, 3.63) is 121 Å². The molecular formula is C40H42N4O5S8. The minimum absolute atomic E-state index is 0.0333. The summed E-state index contributed by atoms with van der Waals surface area (Å²) >= 11 is 13.3. The highest BCUT2D eigenvalue weighted by atomic mass is 33.1. The molecule has 0 spiro atoms. The zero-order valence-corrected chi connectivity index (χ0v) is 37.8. The lowest BCUT2D eigenvalue weighted by molar-refractivity contribution is -0.143. The number of carbonyl (C=O) groups excluding carboxylic acids is 1. The molecule has 2 aromatic carbocycles. The number of benzene rings is 2. The number of nitriles is 2. The second kappa shape index (κ2) is 29.2. The van der Waals surface area contributed by atoms with E-state index in [4.69, 9.17) is 39.4 Å². The maximum atomic E-state index is 12.0. The maximum Gasteiger partial charge on any atom is 0.305 e. The number of ether oxygens (including phenoxy) is 1. The van der Waals surface area contributed by atoms with Crippen LogP contribution in [0.2, 0.25) is 0 Å². The van der Waals surface area contributed by atoms with Crippen LogP contribution in [-0.4, -0.2) is 74.7 Å². The number of rotatable bonds is 19. The molecule has 9 nitrogen and oxygen atoms in total. The van der Waals surface area contributed by atoms with E-state index < -0.39 is 15.5 Å². The van der Waals surface area contributed by atoms with Gasteiger partial charge in [0.25, 0.3) is 0 Å². The van der Waals surface area contributed by atoms with E-state index in [-0.39, 0.29) is 31.8 Å². The third kappa shape index (κ3) is 22.6. The Kier molecular flexibility index (Phi) is 25.6. The van der Waals surface area contributed by atoms with Crippen LogP contribution in [0.15, 0.2) is 120 Å². The highest BCUT2D eigenvalue weighted by Crippen LogP contribution is 2.34. The third-order valence-electron chi connectivity index (χ3n) is 6.92. The molecule has 0 radical (unpaired) electrons. The molecular weight excluding hydrogens is 873 g/mol. The number of esters is 1. The number of aliphatic hydroxyl groups is 1. The summed E-state index contributed by atoms with van der Waals surface area (Å²) in [6.07, 6.45) is 4.33. The van der Waals surface area contributed by atoms with E-state index in [0.29, 0.717) is 27.2 Å². The van der Waals surface area contributed by atoms with Gasteiger partial charge in [0.1, 0.15) is 26.2 Å². The Labute approximate surface area is 370 Å². The van der Waals surface area contributed by atoms with E-state index in [9.17, 15) is 20.1 Å². The number of hydrogen-bond donors (Lipinski definition) is 2. The van der Waals surface area contributed by atoms with Gasteiger partial charge in [0, 0.05) is 36.7 Å². The first-order valence-electron chi connectivity index (χ1n) is 17.2. The minimum atomic E-state index is -0.900. The van der Waals surface area contributed by atoms with Crippen molar-refractivity contribution < 1.29 is 24.5 Å². The van der Waals surface area contributed by atoms with E-state index >= 15 is 0 Å². The fourth-order valence-electron chi connectivity index (χ4n) is 3.92. The van der Waals surface area contributed by atoms with E-state index in [0.717, 1.165) is 26.9 Å². The summed E-state index contributed by atoms with van der Waals surface area (Å²) in [5, 5.41) is 37.8. The fraction of sp³-hybridized carbons (Fsp3) is 0.300. The molecule has 0 fully saturated rings. The highest BCUT2D eigenvalue weighted by molar-refractivity contribution is 8.77. The summed E-state index contributed by atoms with van der Waals surface area (Å²) in [7, 11) is 6.34. The smallest absolute Gasteiger partial charge is 0.305 e. The number of thiocarbonyl (C=S) groups is 2. The Bertz CT molecular complexity index is 1890. The number of pyridine rings is 2. The molecule has 0 aliphatic carbocycles. The van der Waals surface area contributed by atoms with Gasteiger partial charge in [-0.25, -0.2) is 9.97 Å². The Hall–Kier alpha value is -3.10. The van der Waals surface area contributed by atoms with Gasteiger partial charge in [-0.3, -0.25) is 9.59 Å². The van der Waals surface area contributed by atoms with Gasteiger partial charge in [0.15, 0.2) is 0 Å². The Balaban J connectivity index is 0.000000329. The summed E-state index contributed by atoms with van der Waals surface area (Å²) < 4.78 is 4.97. The fourth-order valence-corrected chi connectivity index (χ4v) is 10.5. The molecule has 2 N–H and O–H groups in total. The van der Waals surface area contributed by atoms with Gasteiger partial charge >= 0.3 is 11.9 Å². The lowest BCUT2D eigenvalue weighted by Crippen LogP contribution is -2.22. The van der Waals surface area contributed by atoms with Crippen LogP contribution in [0.5, 0.6) is 0 Å². The molecule has 4 rings (SSSR count). The normalized spacial score (nSPS) is 12.3. The quantitative estimate of drug-likeness (QED) is 0.0396. The predicted octanol–water partition coefficient (Wildman–Crippen LogP) is 10.6. The first-order chi connectivity index (χ1) is 27.4. The molecule has 57 heavy (non-hydrogen) atoms. The van der Waals surface area contributed by atoms with Gasteiger partial charge in [-0.2, -0.15) is 10.5 Å². The number of aliphatic carboxylic acids is 1. The molecule has 0 bridgehead atoms. The highest BCUT2D eigenvalue weighted by Gasteiger charge is 2.29. The van der Waals surface area contributed by atoms with Gasteiger partial charge < -0.3 is 14.9 Å². The molecule has 0 saturated heterocycles. The largest absolute Gasteiger partial charge is 0.481 e. The number of hydrogen-bond acceptors (Lipinski definition) is 16. The molecule has 2 atom stereocenters. The number of aliphatic hydroxyl groups excluding tert-OH is 1. The first kappa shape index (κ1) is 50.0. The third-order valence-corrected chi connectivity index (χ3v) is 14.7. The summed E-state index contributed by atoms with van der Waals surface area (Å²) in [6.45, 7) is 4.09. The lowest BCUT2D eigenvalue weighted by atomic mass is 10.1. The van der Waals surface area contributed by atoms with Crippen LogP contribution in [-0.2, 0) is 14.3 Å². The molecule has 0 saturated carbocycles. The monoisotopic (exact) mass is 914 g/mol. The average Bonchev–Trinajstić information content (AvgIpc) is 3.24. The van der Waals surface area contributed by atoms with E-state index in [1.165, 1.54) is 23.5 Å². The van der Waals surface area contributed by atoms with Crippen LogP contribution < -0.4 is 0 Å². The number of aromatic nitrogens is 2. The summed E-state index contributed by atoms with van der Waals surface area (Å²) in [4.78, 5) is 30.9. The molecule has 2 aromatic heterocycles.